The summed E-state index contributed by atoms with van der Waals surface area (Å²) >= 11 is 5.75. The maximum absolute atomic E-state index is 10.6. The number of aliphatic hydroxyl groups is 3. The molecule has 0 aromatic heterocycles. The molecule has 0 aliphatic carbocycles. The molecule has 5 nitrogen and oxygen atoms in total. The molecule has 0 saturated heterocycles. The molecule has 0 fully saturated rings. The molecule has 16 heavy (non-hydrogen) atoms. The zero-order valence-electron chi connectivity index (χ0n) is 8.17. The van der Waals surface area contributed by atoms with E-state index in [-0.39, 0.29) is 16.1 Å². The van der Waals surface area contributed by atoms with Crippen LogP contribution in [0.25, 0.3) is 0 Å². The smallest absolute Gasteiger partial charge is 0.335 e. The molecule has 1 aromatic rings. The Morgan fingerprint density at radius 3 is 2.44 bits per heavy atom. The topological polar surface area (TPSA) is 98.0 Å². The van der Waals surface area contributed by atoms with Gasteiger partial charge in [0.2, 0.25) is 0 Å². The molecule has 0 saturated carbocycles. The average Bonchev–Trinajstić information content (AvgIpc) is 2.26. The standard InChI is InChI=1S/C10H11ClO5/c11-7-3-5(10(15)16)1-2-6(7)9(14)8(13)4-12/h1-3,8-9,12-14H,4H2,(H,15,16). The second-order valence-corrected chi connectivity index (χ2v) is 3.64. The van der Waals surface area contributed by atoms with Gasteiger partial charge in [0.15, 0.2) is 0 Å². The van der Waals surface area contributed by atoms with Crippen molar-refractivity contribution >= 4 is 17.6 Å². The summed E-state index contributed by atoms with van der Waals surface area (Å²) in [7, 11) is 0. The molecule has 88 valence electrons. The number of aromatic carboxylic acids is 1. The van der Waals surface area contributed by atoms with Crippen LogP contribution in [0.1, 0.15) is 22.0 Å². The van der Waals surface area contributed by atoms with E-state index in [1.807, 2.05) is 0 Å². The number of rotatable bonds is 4. The first-order valence-corrected chi connectivity index (χ1v) is 4.85. The highest BCUT2D eigenvalue weighted by Gasteiger charge is 2.20. The summed E-state index contributed by atoms with van der Waals surface area (Å²) in [5.41, 5.74) is 0.160. The zero-order valence-corrected chi connectivity index (χ0v) is 8.92. The lowest BCUT2D eigenvalue weighted by molar-refractivity contribution is -0.0152. The summed E-state index contributed by atoms with van der Waals surface area (Å²) in [6.45, 7) is -0.613. The summed E-state index contributed by atoms with van der Waals surface area (Å²) in [6, 6.07) is 3.73. The van der Waals surface area contributed by atoms with Gasteiger partial charge < -0.3 is 20.4 Å². The molecular weight excluding hydrogens is 236 g/mol. The summed E-state index contributed by atoms with van der Waals surface area (Å²) < 4.78 is 0. The molecule has 0 aliphatic heterocycles. The largest absolute Gasteiger partial charge is 0.478 e. The number of hydrogen-bond donors (Lipinski definition) is 4. The van der Waals surface area contributed by atoms with Crippen molar-refractivity contribution in [2.75, 3.05) is 6.61 Å². The number of benzene rings is 1. The van der Waals surface area contributed by atoms with E-state index in [2.05, 4.69) is 0 Å². The quantitative estimate of drug-likeness (QED) is 0.617. The molecule has 1 aromatic carbocycles. The third kappa shape index (κ3) is 2.70. The molecule has 6 heteroatoms. The van der Waals surface area contributed by atoms with Crippen LogP contribution in [-0.4, -0.2) is 39.1 Å². The van der Waals surface area contributed by atoms with Gasteiger partial charge in [0.05, 0.1) is 12.2 Å². The predicted molar refractivity (Wildman–Crippen MR) is 56.5 cm³/mol. The molecule has 0 spiro atoms. The fourth-order valence-electron chi connectivity index (χ4n) is 1.21. The van der Waals surface area contributed by atoms with Crippen LogP contribution in [0.5, 0.6) is 0 Å². The van der Waals surface area contributed by atoms with Crippen molar-refractivity contribution in [2.45, 2.75) is 12.2 Å². The van der Waals surface area contributed by atoms with Gasteiger partial charge >= 0.3 is 5.97 Å². The zero-order chi connectivity index (χ0) is 12.3. The number of aliphatic hydroxyl groups excluding tert-OH is 3. The van der Waals surface area contributed by atoms with Crippen molar-refractivity contribution < 1.29 is 25.2 Å². The van der Waals surface area contributed by atoms with Crippen LogP contribution in [0.4, 0.5) is 0 Å². The Bertz CT molecular complexity index is 393. The normalized spacial score (nSPS) is 14.5. The van der Waals surface area contributed by atoms with Crippen LogP contribution in [0.2, 0.25) is 5.02 Å². The van der Waals surface area contributed by atoms with E-state index >= 15 is 0 Å². The van der Waals surface area contributed by atoms with E-state index in [9.17, 15) is 15.0 Å². The van der Waals surface area contributed by atoms with Gasteiger partial charge in [0, 0.05) is 10.6 Å². The molecule has 0 heterocycles. The molecule has 2 atom stereocenters. The van der Waals surface area contributed by atoms with Gasteiger partial charge in [-0.25, -0.2) is 4.79 Å². The van der Waals surface area contributed by atoms with Crippen molar-refractivity contribution in [1.82, 2.24) is 0 Å². The van der Waals surface area contributed by atoms with Gasteiger partial charge in [-0.3, -0.25) is 0 Å². The highest BCUT2D eigenvalue weighted by Crippen LogP contribution is 2.26. The number of carboxylic acids is 1. The fourth-order valence-corrected chi connectivity index (χ4v) is 1.50. The van der Waals surface area contributed by atoms with Crippen LogP contribution in [-0.2, 0) is 0 Å². The monoisotopic (exact) mass is 246 g/mol. The minimum atomic E-state index is -1.35. The molecule has 0 amide bonds. The third-order valence-corrected chi connectivity index (χ3v) is 2.44. The van der Waals surface area contributed by atoms with Crippen LogP contribution >= 0.6 is 11.6 Å². The predicted octanol–water partition coefficient (Wildman–Crippen LogP) is 0.425. The van der Waals surface area contributed by atoms with E-state index in [1.165, 1.54) is 18.2 Å². The van der Waals surface area contributed by atoms with Crippen LogP contribution in [0, 0.1) is 0 Å². The van der Waals surface area contributed by atoms with E-state index in [4.69, 9.17) is 21.8 Å². The van der Waals surface area contributed by atoms with Gasteiger partial charge in [-0.1, -0.05) is 17.7 Å². The number of carboxylic acid groups (broad SMARTS) is 1. The van der Waals surface area contributed by atoms with Crippen LogP contribution < -0.4 is 0 Å². The minimum absolute atomic E-state index is 0.0144. The summed E-state index contributed by atoms with van der Waals surface area (Å²) in [6.07, 6.45) is -2.70. The molecule has 1 rings (SSSR count). The maximum atomic E-state index is 10.6. The van der Waals surface area contributed by atoms with Crippen molar-refractivity contribution in [3.05, 3.63) is 34.3 Å². The van der Waals surface area contributed by atoms with Gasteiger partial charge in [0.1, 0.15) is 12.2 Å². The fraction of sp³-hybridized carbons (Fsp3) is 0.300. The van der Waals surface area contributed by atoms with Gasteiger partial charge in [-0.2, -0.15) is 0 Å². The highest BCUT2D eigenvalue weighted by atomic mass is 35.5. The first-order valence-electron chi connectivity index (χ1n) is 4.47. The lowest BCUT2D eigenvalue weighted by atomic mass is 10.0. The number of halogens is 1. The van der Waals surface area contributed by atoms with Gasteiger partial charge in [-0.05, 0) is 12.1 Å². The average molecular weight is 247 g/mol. The Morgan fingerprint density at radius 2 is 2.00 bits per heavy atom. The molecule has 4 N–H and O–H groups in total. The van der Waals surface area contributed by atoms with Gasteiger partial charge in [0.25, 0.3) is 0 Å². The highest BCUT2D eigenvalue weighted by molar-refractivity contribution is 6.31. The molecule has 0 radical (unpaired) electrons. The second-order valence-electron chi connectivity index (χ2n) is 3.24. The lowest BCUT2D eigenvalue weighted by Gasteiger charge is -2.17. The van der Waals surface area contributed by atoms with Crippen molar-refractivity contribution in [3.63, 3.8) is 0 Å². The Morgan fingerprint density at radius 1 is 1.38 bits per heavy atom. The van der Waals surface area contributed by atoms with Crippen molar-refractivity contribution in [2.24, 2.45) is 0 Å². The Hall–Kier alpha value is -1.14. The summed E-state index contributed by atoms with van der Waals surface area (Å²) in [5.74, 6) is -1.13. The number of carbonyl (C=O) groups is 1. The molecule has 0 bridgehead atoms. The van der Waals surface area contributed by atoms with E-state index in [1.54, 1.807) is 0 Å². The Balaban J connectivity index is 3.03. The van der Waals surface area contributed by atoms with Crippen LogP contribution in [0.15, 0.2) is 18.2 Å². The first-order chi connectivity index (χ1) is 7.47. The lowest BCUT2D eigenvalue weighted by Crippen LogP contribution is -2.22. The molecule has 0 aliphatic rings. The van der Waals surface area contributed by atoms with E-state index < -0.39 is 24.8 Å². The van der Waals surface area contributed by atoms with Gasteiger partial charge in [-0.15, -0.1) is 0 Å². The van der Waals surface area contributed by atoms with Crippen LogP contribution in [0.3, 0.4) is 0 Å². The maximum Gasteiger partial charge on any atom is 0.335 e. The molecule has 2 unspecified atom stereocenters. The SMILES string of the molecule is O=C(O)c1ccc(C(O)C(O)CO)c(Cl)c1. The minimum Gasteiger partial charge on any atom is -0.478 e. The Kier molecular flexibility index (Phi) is 4.26. The second kappa shape index (κ2) is 5.27. The summed E-state index contributed by atoms with van der Waals surface area (Å²) in [4.78, 5) is 10.6. The number of hydrogen-bond acceptors (Lipinski definition) is 4. The third-order valence-electron chi connectivity index (χ3n) is 2.12. The summed E-state index contributed by atoms with van der Waals surface area (Å²) in [5, 5.41) is 36.1. The van der Waals surface area contributed by atoms with E-state index in [0.717, 1.165) is 0 Å². The van der Waals surface area contributed by atoms with Crippen molar-refractivity contribution in [3.8, 4) is 0 Å². The first kappa shape index (κ1) is 12.9. The van der Waals surface area contributed by atoms with Crippen molar-refractivity contribution in [1.29, 1.82) is 0 Å². The molecular formula is C10H11ClO5. The van der Waals surface area contributed by atoms with E-state index in [0.29, 0.717) is 0 Å². The Labute approximate surface area is 96.5 Å².